The third-order valence-electron chi connectivity index (χ3n) is 5.66. The van der Waals surface area contributed by atoms with Crippen molar-refractivity contribution in [1.82, 2.24) is 4.90 Å². The Morgan fingerprint density at radius 1 is 0.871 bits per heavy atom. The summed E-state index contributed by atoms with van der Waals surface area (Å²) in [6, 6.07) is 26.7. The van der Waals surface area contributed by atoms with E-state index in [-0.39, 0.29) is 18.1 Å². The molecule has 0 N–H and O–H groups in total. The van der Waals surface area contributed by atoms with Crippen molar-refractivity contribution >= 4 is 17.7 Å². The Morgan fingerprint density at radius 2 is 1.42 bits per heavy atom. The SMILES string of the molecule is CN1C(=O)C[C@H](C(=O)O[C@@H](C(=O)c2ccccc2)c2ccccc2)[C@H]1c1ccccc1. The van der Waals surface area contributed by atoms with Crippen LogP contribution in [0.2, 0.25) is 0 Å². The Hall–Kier alpha value is -3.73. The Bertz CT molecular complexity index is 1070. The summed E-state index contributed by atoms with van der Waals surface area (Å²) in [6.07, 6.45) is -1.02. The first-order valence-corrected chi connectivity index (χ1v) is 10.2. The van der Waals surface area contributed by atoms with Crippen molar-refractivity contribution < 1.29 is 19.1 Å². The number of amides is 1. The summed E-state index contributed by atoms with van der Waals surface area (Å²) in [4.78, 5) is 40.5. The summed E-state index contributed by atoms with van der Waals surface area (Å²) in [6.45, 7) is 0. The molecule has 1 aliphatic rings. The number of nitrogens with zero attached hydrogens (tertiary/aromatic N) is 1. The highest BCUT2D eigenvalue weighted by atomic mass is 16.5. The van der Waals surface area contributed by atoms with Gasteiger partial charge in [-0.15, -0.1) is 0 Å². The Morgan fingerprint density at radius 3 is 2.03 bits per heavy atom. The van der Waals surface area contributed by atoms with Gasteiger partial charge in [0.25, 0.3) is 0 Å². The molecule has 3 aromatic carbocycles. The zero-order chi connectivity index (χ0) is 21.8. The van der Waals surface area contributed by atoms with Crippen LogP contribution in [0, 0.1) is 5.92 Å². The number of hydrogen-bond donors (Lipinski definition) is 0. The second-order valence-corrected chi connectivity index (χ2v) is 7.63. The second kappa shape index (κ2) is 8.96. The highest BCUT2D eigenvalue weighted by Gasteiger charge is 2.44. The van der Waals surface area contributed by atoms with Crippen molar-refractivity contribution in [2.45, 2.75) is 18.6 Å². The monoisotopic (exact) mass is 413 g/mol. The van der Waals surface area contributed by atoms with E-state index in [1.807, 2.05) is 42.5 Å². The quantitative estimate of drug-likeness (QED) is 0.445. The van der Waals surface area contributed by atoms with E-state index in [1.54, 1.807) is 60.5 Å². The topological polar surface area (TPSA) is 63.7 Å². The number of benzene rings is 3. The van der Waals surface area contributed by atoms with Crippen LogP contribution in [0.5, 0.6) is 0 Å². The first-order chi connectivity index (χ1) is 15.1. The van der Waals surface area contributed by atoms with Crippen LogP contribution in [-0.2, 0) is 14.3 Å². The zero-order valence-corrected chi connectivity index (χ0v) is 17.2. The molecule has 4 rings (SSSR count). The van der Waals surface area contributed by atoms with Gasteiger partial charge >= 0.3 is 5.97 Å². The lowest BCUT2D eigenvalue weighted by atomic mass is 9.93. The molecule has 3 atom stereocenters. The molecule has 5 heteroatoms. The van der Waals surface area contributed by atoms with Crippen LogP contribution < -0.4 is 0 Å². The fraction of sp³-hybridized carbons (Fsp3) is 0.192. The molecule has 0 aliphatic carbocycles. The minimum atomic E-state index is -1.08. The number of ketones is 1. The summed E-state index contributed by atoms with van der Waals surface area (Å²) < 4.78 is 5.82. The van der Waals surface area contributed by atoms with Gasteiger partial charge in [0.15, 0.2) is 6.10 Å². The molecule has 1 fully saturated rings. The molecule has 0 bridgehead atoms. The van der Waals surface area contributed by atoms with Gasteiger partial charge in [-0.1, -0.05) is 91.0 Å². The highest BCUT2D eigenvalue weighted by molar-refractivity contribution is 6.01. The molecule has 1 amide bonds. The van der Waals surface area contributed by atoms with E-state index in [0.29, 0.717) is 11.1 Å². The standard InChI is InChI=1S/C26H23NO4/c1-27-22(28)17-21(23(27)18-11-5-2-6-12-18)26(30)31-25(20-15-9-4-10-16-20)24(29)19-13-7-3-8-14-19/h2-16,21,23,25H,17H2,1H3/t21-,23+,25+/m0/s1. The van der Waals surface area contributed by atoms with E-state index >= 15 is 0 Å². The molecule has 1 saturated heterocycles. The minimum Gasteiger partial charge on any atom is -0.449 e. The maximum absolute atomic E-state index is 13.3. The molecule has 31 heavy (non-hydrogen) atoms. The maximum atomic E-state index is 13.3. The van der Waals surface area contributed by atoms with Gasteiger partial charge in [-0.3, -0.25) is 14.4 Å². The molecule has 1 aliphatic heterocycles. The van der Waals surface area contributed by atoms with E-state index in [1.165, 1.54) is 0 Å². The summed E-state index contributed by atoms with van der Waals surface area (Å²) in [7, 11) is 1.69. The smallest absolute Gasteiger partial charge is 0.312 e. The third kappa shape index (κ3) is 4.26. The number of carbonyl (C=O) groups excluding carboxylic acids is 3. The number of ether oxygens (including phenoxy) is 1. The van der Waals surface area contributed by atoms with E-state index in [2.05, 4.69) is 0 Å². The van der Waals surface area contributed by atoms with E-state index in [4.69, 9.17) is 4.74 Å². The molecule has 0 unspecified atom stereocenters. The molecule has 5 nitrogen and oxygen atoms in total. The van der Waals surface area contributed by atoms with Crippen molar-refractivity contribution in [3.63, 3.8) is 0 Å². The molecule has 3 aromatic rings. The molecule has 0 saturated carbocycles. The number of esters is 1. The van der Waals surface area contributed by atoms with Gasteiger partial charge in [-0.05, 0) is 5.56 Å². The zero-order valence-electron chi connectivity index (χ0n) is 17.2. The lowest BCUT2D eigenvalue weighted by molar-refractivity contribution is -0.153. The van der Waals surface area contributed by atoms with Gasteiger partial charge in [0.05, 0.1) is 12.0 Å². The van der Waals surface area contributed by atoms with Gasteiger partial charge in [-0.25, -0.2) is 0 Å². The average molecular weight is 413 g/mol. The summed E-state index contributed by atoms with van der Waals surface area (Å²) in [5, 5.41) is 0. The largest absolute Gasteiger partial charge is 0.449 e. The van der Waals surface area contributed by atoms with Gasteiger partial charge in [0.1, 0.15) is 0 Å². The van der Waals surface area contributed by atoms with Crippen LogP contribution >= 0.6 is 0 Å². The Labute approximate surface area is 181 Å². The second-order valence-electron chi connectivity index (χ2n) is 7.63. The fourth-order valence-corrected chi connectivity index (χ4v) is 4.05. The number of rotatable bonds is 6. The van der Waals surface area contributed by atoms with Crippen LogP contribution in [-0.4, -0.2) is 29.6 Å². The molecular weight excluding hydrogens is 390 g/mol. The van der Waals surface area contributed by atoms with Gasteiger partial charge in [0, 0.05) is 24.6 Å². The molecule has 1 heterocycles. The van der Waals surface area contributed by atoms with E-state index in [0.717, 1.165) is 5.56 Å². The Kier molecular flexibility index (Phi) is 5.94. The number of Topliss-reactive ketones (excluding diaryl/α,β-unsaturated/α-hetero) is 1. The highest BCUT2D eigenvalue weighted by Crippen LogP contribution is 2.39. The molecule has 156 valence electrons. The van der Waals surface area contributed by atoms with Crippen molar-refractivity contribution in [3.05, 3.63) is 108 Å². The Balaban J connectivity index is 1.64. The maximum Gasteiger partial charge on any atom is 0.312 e. The van der Waals surface area contributed by atoms with E-state index < -0.39 is 24.0 Å². The lowest BCUT2D eigenvalue weighted by Crippen LogP contribution is -2.30. The van der Waals surface area contributed by atoms with Crippen molar-refractivity contribution in [3.8, 4) is 0 Å². The van der Waals surface area contributed by atoms with E-state index in [9.17, 15) is 14.4 Å². The van der Waals surface area contributed by atoms with Crippen molar-refractivity contribution in [2.75, 3.05) is 7.05 Å². The van der Waals surface area contributed by atoms with Crippen LogP contribution in [0.15, 0.2) is 91.0 Å². The fourth-order valence-electron chi connectivity index (χ4n) is 4.05. The van der Waals surface area contributed by atoms with Gasteiger partial charge in [-0.2, -0.15) is 0 Å². The number of likely N-dealkylation sites (tertiary alicyclic amines) is 1. The van der Waals surface area contributed by atoms with Crippen LogP contribution in [0.1, 0.15) is 40.1 Å². The third-order valence-corrected chi connectivity index (χ3v) is 5.66. The van der Waals surface area contributed by atoms with Crippen LogP contribution in [0.4, 0.5) is 0 Å². The van der Waals surface area contributed by atoms with Crippen molar-refractivity contribution in [2.24, 2.45) is 5.92 Å². The normalized spacial score (nSPS) is 19.1. The molecule has 0 radical (unpaired) electrons. The predicted octanol–water partition coefficient (Wildman–Crippen LogP) is 4.37. The van der Waals surface area contributed by atoms with Crippen molar-refractivity contribution in [1.29, 1.82) is 0 Å². The summed E-state index contributed by atoms with van der Waals surface area (Å²) >= 11 is 0. The average Bonchev–Trinajstić information content (AvgIpc) is 3.13. The van der Waals surface area contributed by atoms with Crippen LogP contribution in [0.3, 0.4) is 0 Å². The summed E-state index contributed by atoms with van der Waals surface area (Å²) in [5.41, 5.74) is 1.92. The summed E-state index contributed by atoms with van der Waals surface area (Å²) in [5.74, 6) is -1.66. The minimum absolute atomic E-state index is 0.0515. The van der Waals surface area contributed by atoms with Gasteiger partial charge < -0.3 is 9.64 Å². The predicted molar refractivity (Wildman–Crippen MR) is 116 cm³/mol. The van der Waals surface area contributed by atoms with Gasteiger partial charge in [0.2, 0.25) is 11.7 Å². The number of carbonyl (C=O) groups is 3. The van der Waals surface area contributed by atoms with Crippen LogP contribution in [0.25, 0.3) is 0 Å². The molecular formula is C26H23NO4. The molecule has 0 spiro atoms. The first-order valence-electron chi connectivity index (χ1n) is 10.2. The first kappa shape index (κ1) is 20.5. The molecule has 0 aromatic heterocycles. The number of hydrogen-bond acceptors (Lipinski definition) is 4. The lowest BCUT2D eigenvalue weighted by Gasteiger charge is -2.26.